The number of para-hydroxylation sites is 3. The molecule has 0 fully saturated rings. The van der Waals surface area contributed by atoms with Gasteiger partial charge in [-0.3, -0.25) is 5.43 Å². The molecule has 0 amide bonds. The predicted octanol–water partition coefficient (Wildman–Crippen LogP) is 3.80. The van der Waals surface area contributed by atoms with Gasteiger partial charge in [-0.25, -0.2) is 0 Å². The van der Waals surface area contributed by atoms with E-state index in [0.29, 0.717) is 0 Å². The quantitative estimate of drug-likeness (QED) is 0.790. The van der Waals surface area contributed by atoms with Crippen LogP contribution in [-0.2, 0) is 0 Å². The lowest BCUT2D eigenvalue weighted by Gasteiger charge is -2.28. The van der Waals surface area contributed by atoms with Crippen LogP contribution in [0.1, 0.15) is 5.56 Å². The zero-order chi connectivity index (χ0) is 17.1. The molecule has 0 aliphatic carbocycles. The van der Waals surface area contributed by atoms with Crippen LogP contribution < -0.4 is 20.4 Å². The van der Waals surface area contributed by atoms with Crippen molar-refractivity contribution in [3.8, 4) is 5.75 Å². The minimum atomic E-state index is 0.764. The first-order chi connectivity index (χ1) is 12.4. The van der Waals surface area contributed by atoms with Crippen LogP contribution in [0.3, 0.4) is 0 Å². The highest BCUT2D eigenvalue weighted by Crippen LogP contribution is 2.32. The van der Waals surface area contributed by atoms with E-state index in [-0.39, 0.29) is 0 Å². The maximum absolute atomic E-state index is 5.52. The van der Waals surface area contributed by atoms with Crippen molar-refractivity contribution in [2.75, 3.05) is 17.3 Å². The molecular formula is C20H18N4O. The number of hydrogen-bond acceptors (Lipinski definition) is 5. The Morgan fingerprint density at radius 2 is 1.44 bits per heavy atom. The monoisotopic (exact) mass is 330 g/mol. The second-order valence-electron chi connectivity index (χ2n) is 5.54. The summed E-state index contributed by atoms with van der Waals surface area (Å²) in [6.07, 6.45) is 0. The van der Waals surface area contributed by atoms with Crippen molar-refractivity contribution in [1.29, 1.82) is 0 Å². The molecule has 0 saturated heterocycles. The molecule has 3 aromatic carbocycles. The Bertz CT molecular complexity index is 880. The fourth-order valence-electron chi connectivity index (χ4n) is 2.73. The Morgan fingerprint density at radius 1 is 0.800 bits per heavy atom. The zero-order valence-electron chi connectivity index (χ0n) is 13.8. The summed E-state index contributed by atoms with van der Waals surface area (Å²) in [6, 6.07) is 27.9. The van der Waals surface area contributed by atoms with E-state index in [0.717, 1.165) is 28.5 Å². The summed E-state index contributed by atoms with van der Waals surface area (Å²) in [7, 11) is 1.67. The highest BCUT2D eigenvalue weighted by atomic mass is 16.5. The Labute approximate surface area is 146 Å². The van der Waals surface area contributed by atoms with E-state index in [1.807, 2.05) is 95.2 Å². The van der Waals surface area contributed by atoms with Gasteiger partial charge in [0, 0.05) is 5.56 Å². The van der Waals surface area contributed by atoms with Gasteiger partial charge < -0.3 is 4.74 Å². The first-order valence-corrected chi connectivity index (χ1v) is 8.06. The molecule has 0 unspecified atom stereocenters. The Hall–Kier alpha value is -3.47. The van der Waals surface area contributed by atoms with Crippen LogP contribution in [0.15, 0.2) is 90.0 Å². The van der Waals surface area contributed by atoms with Crippen molar-refractivity contribution in [2.45, 2.75) is 0 Å². The van der Waals surface area contributed by atoms with Crippen LogP contribution in [0, 0.1) is 0 Å². The summed E-state index contributed by atoms with van der Waals surface area (Å²) in [4.78, 5) is 0. The third kappa shape index (κ3) is 2.87. The molecule has 1 aliphatic rings. The number of nitrogens with one attached hydrogen (secondary N) is 1. The smallest absolute Gasteiger partial charge is 0.176 e. The molecule has 5 heteroatoms. The molecule has 0 aromatic heterocycles. The number of hydrazine groups is 2. The van der Waals surface area contributed by atoms with Gasteiger partial charge in [0.05, 0.1) is 12.8 Å². The number of nitrogens with zero attached hydrogens (tertiary/aromatic N) is 3. The number of rotatable bonds is 4. The van der Waals surface area contributed by atoms with Gasteiger partial charge >= 0.3 is 0 Å². The average molecular weight is 330 g/mol. The fraction of sp³-hybridized carbons (Fsp3) is 0.0500. The summed E-state index contributed by atoms with van der Waals surface area (Å²) >= 11 is 0. The third-order valence-corrected chi connectivity index (χ3v) is 3.94. The third-order valence-electron chi connectivity index (χ3n) is 3.94. The molecule has 1 heterocycles. The van der Waals surface area contributed by atoms with Gasteiger partial charge in [-0.05, 0) is 24.3 Å². The molecule has 124 valence electrons. The molecule has 1 aliphatic heterocycles. The largest absolute Gasteiger partial charge is 0.494 e. The number of ether oxygens (including phenoxy) is 1. The maximum atomic E-state index is 5.52. The number of benzene rings is 3. The van der Waals surface area contributed by atoms with Gasteiger partial charge in [-0.15, -0.1) is 5.10 Å². The van der Waals surface area contributed by atoms with Crippen LogP contribution >= 0.6 is 0 Å². The molecule has 0 atom stereocenters. The van der Waals surface area contributed by atoms with Crippen molar-refractivity contribution >= 4 is 17.2 Å². The van der Waals surface area contributed by atoms with Gasteiger partial charge in [-0.1, -0.05) is 60.7 Å². The summed E-state index contributed by atoms with van der Waals surface area (Å²) in [5, 5.41) is 8.49. The average Bonchev–Trinajstić information content (AvgIpc) is 3.14. The summed E-state index contributed by atoms with van der Waals surface area (Å²) in [5.74, 6) is 1.54. The summed E-state index contributed by atoms with van der Waals surface area (Å²) in [5.41, 5.74) is 6.22. The molecule has 0 spiro atoms. The van der Waals surface area contributed by atoms with Gasteiger partial charge in [0.1, 0.15) is 11.4 Å². The Morgan fingerprint density at radius 3 is 2.16 bits per heavy atom. The molecule has 1 N–H and O–H groups in total. The minimum absolute atomic E-state index is 0.764. The topological polar surface area (TPSA) is 40.1 Å². The Balaban J connectivity index is 1.78. The second kappa shape index (κ2) is 6.57. The van der Waals surface area contributed by atoms with E-state index >= 15 is 0 Å². The number of hydrogen-bond donors (Lipinski definition) is 1. The lowest BCUT2D eigenvalue weighted by Crippen LogP contribution is -2.44. The molecule has 5 nitrogen and oxygen atoms in total. The van der Waals surface area contributed by atoms with Crippen molar-refractivity contribution in [1.82, 2.24) is 5.43 Å². The molecular weight excluding hydrogens is 312 g/mol. The highest BCUT2D eigenvalue weighted by molar-refractivity contribution is 6.02. The van der Waals surface area contributed by atoms with E-state index < -0.39 is 0 Å². The van der Waals surface area contributed by atoms with E-state index in [2.05, 4.69) is 5.43 Å². The first kappa shape index (κ1) is 15.1. The van der Waals surface area contributed by atoms with E-state index in [4.69, 9.17) is 9.84 Å². The Kier molecular flexibility index (Phi) is 3.96. The molecule has 4 rings (SSSR count). The van der Waals surface area contributed by atoms with E-state index in [1.54, 1.807) is 7.11 Å². The number of hydrazone groups is 1. The SMILES string of the molecule is COc1ccccc1N1NC(c2ccccc2)=NN1c1ccccc1. The standard InChI is InChI=1S/C20H18N4O/c1-25-19-15-9-8-14-18(19)24-22-20(16-10-4-2-5-11-16)21-23(24)17-12-6-3-7-13-17/h2-15H,1H3,(H,21,22). The predicted molar refractivity (Wildman–Crippen MR) is 101 cm³/mol. The van der Waals surface area contributed by atoms with Crippen molar-refractivity contribution in [3.63, 3.8) is 0 Å². The molecule has 3 aromatic rings. The number of anilines is 2. The van der Waals surface area contributed by atoms with Crippen LogP contribution in [0.5, 0.6) is 5.75 Å². The van der Waals surface area contributed by atoms with Gasteiger partial charge in [0.25, 0.3) is 0 Å². The van der Waals surface area contributed by atoms with Gasteiger partial charge in [0.2, 0.25) is 0 Å². The highest BCUT2D eigenvalue weighted by Gasteiger charge is 2.28. The lowest BCUT2D eigenvalue weighted by molar-refractivity contribution is 0.413. The molecule has 0 radical (unpaired) electrons. The number of amidine groups is 1. The first-order valence-electron chi connectivity index (χ1n) is 8.06. The number of methoxy groups -OCH3 is 1. The van der Waals surface area contributed by atoms with Crippen LogP contribution in [0.4, 0.5) is 11.4 Å². The zero-order valence-corrected chi connectivity index (χ0v) is 13.8. The molecule has 0 saturated carbocycles. The van der Waals surface area contributed by atoms with Crippen LogP contribution in [0.2, 0.25) is 0 Å². The lowest BCUT2D eigenvalue weighted by atomic mass is 10.2. The van der Waals surface area contributed by atoms with E-state index in [1.165, 1.54) is 0 Å². The van der Waals surface area contributed by atoms with E-state index in [9.17, 15) is 0 Å². The van der Waals surface area contributed by atoms with Gasteiger partial charge in [0.15, 0.2) is 5.84 Å². The van der Waals surface area contributed by atoms with Crippen molar-refractivity contribution in [3.05, 3.63) is 90.5 Å². The fourth-order valence-corrected chi connectivity index (χ4v) is 2.73. The summed E-state index contributed by atoms with van der Waals surface area (Å²) < 4.78 is 5.52. The van der Waals surface area contributed by atoms with Crippen molar-refractivity contribution < 1.29 is 4.74 Å². The minimum Gasteiger partial charge on any atom is -0.494 e. The summed E-state index contributed by atoms with van der Waals surface area (Å²) in [6.45, 7) is 0. The maximum Gasteiger partial charge on any atom is 0.176 e. The van der Waals surface area contributed by atoms with Gasteiger partial charge in [-0.2, -0.15) is 10.2 Å². The molecule has 25 heavy (non-hydrogen) atoms. The second-order valence-corrected chi connectivity index (χ2v) is 5.54. The van der Waals surface area contributed by atoms with Crippen LogP contribution in [0.25, 0.3) is 0 Å². The molecule has 0 bridgehead atoms. The normalized spacial score (nSPS) is 13.4. The van der Waals surface area contributed by atoms with Crippen LogP contribution in [-0.4, -0.2) is 12.9 Å². The van der Waals surface area contributed by atoms with Crippen molar-refractivity contribution in [2.24, 2.45) is 5.10 Å².